The Kier molecular flexibility index (Phi) is 5.23. The molecule has 1 saturated heterocycles. The van der Waals surface area contributed by atoms with E-state index in [0.717, 1.165) is 40.6 Å². The number of hydrogen-bond acceptors (Lipinski definition) is 5. The van der Waals surface area contributed by atoms with Gasteiger partial charge in [0.2, 0.25) is 0 Å². The van der Waals surface area contributed by atoms with Gasteiger partial charge < -0.3 is 4.90 Å². The summed E-state index contributed by atoms with van der Waals surface area (Å²) in [7, 11) is 0. The highest BCUT2D eigenvalue weighted by Gasteiger charge is 2.13. The molecular formula is C17H20BrN5. The molecule has 1 N–H and O–H groups in total. The van der Waals surface area contributed by atoms with E-state index in [1.807, 2.05) is 37.3 Å². The fourth-order valence-corrected chi connectivity index (χ4v) is 2.88. The number of nitrogens with one attached hydrogen (secondary N) is 1. The van der Waals surface area contributed by atoms with Gasteiger partial charge in [-0.15, -0.1) is 0 Å². The number of benzene rings is 1. The van der Waals surface area contributed by atoms with Gasteiger partial charge in [0.25, 0.3) is 0 Å². The maximum Gasteiger partial charge on any atom is 0.152 e. The molecule has 5 nitrogen and oxygen atoms in total. The molecule has 1 fully saturated rings. The maximum atomic E-state index is 4.55. The largest absolute Gasteiger partial charge is 0.356 e. The summed E-state index contributed by atoms with van der Waals surface area (Å²) >= 11 is 3.42. The number of piperidine rings is 1. The van der Waals surface area contributed by atoms with Crippen LogP contribution in [0.15, 0.2) is 39.9 Å². The minimum atomic E-state index is 0.728. The molecule has 2 heterocycles. The van der Waals surface area contributed by atoms with Crippen LogP contribution in [0, 0.1) is 6.92 Å². The van der Waals surface area contributed by atoms with Crippen molar-refractivity contribution in [1.29, 1.82) is 0 Å². The number of halogens is 1. The van der Waals surface area contributed by atoms with Crippen molar-refractivity contribution in [3.8, 4) is 0 Å². The molecule has 0 bridgehead atoms. The predicted octanol–water partition coefficient (Wildman–Crippen LogP) is 3.98. The lowest BCUT2D eigenvalue weighted by atomic mass is 10.1. The van der Waals surface area contributed by atoms with Gasteiger partial charge in [-0.25, -0.2) is 9.97 Å². The Balaban J connectivity index is 1.69. The molecule has 1 aromatic heterocycles. The molecule has 0 amide bonds. The van der Waals surface area contributed by atoms with Crippen molar-refractivity contribution >= 4 is 33.8 Å². The van der Waals surface area contributed by atoms with Crippen molar-refractivity contribution in [1.82, 2.24) is 9.97 Å². The lowest BCUT2D eigenvalue weighted by molar-refractivity contribution is 0.572. The zero-order chi connectivity index (χ0) is 16.1. The average molecular weight is 374 g/mol. The molecule has 3 rings (SSSR count). The molecule has 0 atom stereocenters. The number of hydrogen-bond donors (Lipinski definition) is 1. The van der Waals surface area contributed by atoms with Crippen molar-refractivity contribution in [2.45, 2.75) is 26.2 Å². The van der Waals surface area contributed by atoms with E-state index in [0.29, 0.717) is 0 Å². The predicted molar refractivity (Wildman–Crippen MR) is 98.2 cm³/mol. The van der Waals surface area contributed by atoms with Crippen molar-refractivity contribution in [3.05, 3.63) is 46.2 Å². The summed E-state index contributed by atoms with van der Waals surface area (Å²) in [5.74, 6) is 2.47. The van der Waals surface area contributed by atoms with Gasteiger partial charge in [-0.2, -0.15) is 5.10 Å². The van der Waals surface area contributed by atoms with Crippen molar-refractivity contribution < 1.29 is 0 Å². The molecule has 0 saturated carbocycles. The van der Waals surface area contributed by atoms with Gasteiger partial charge in [-0.1, -0.05) is 28.1 Å². The van der Waals surface area contributed by atoms with Crippen LogP contribution < -0.4 is 10.3 Å². The fourth-order valence-electron chi connectivity index (χ4n) is 2.62. The second-order valence-corrected chi connectivity index (χ2v) is 6.54. The third-order valence-electron chi connectivity index (χ3n) is 3.77. The topological polar surface area (TPSA) is 53.4 Å². The highest BCUT2D eigenvalue weighted by molar-refractivity contribution is 9.10. The quantitative estimate of drug-likeness (QED) is 0.650. The summed E-state index contributed by atoms with van der Waals surface area (Å²) in [6.45, 7) is 4.05. The Morgan fingerprint density at radius 2 is 1.87 bits per heavy atom. The van der Waals surface area contributed by atoms with E-state index in [1.54, 1.807) is 6.21 Å². The summed E-state index contributed by atoms with van der Waals surface area (Å²) in [6, 6.07) is 9.95. The van der Waals surface area contributed by atoms with Crippen LogP contribution in [0.25, 0.3) is 0 Å². The monoisotopic (exact) mass is 373 g/mol. The van der Waals surface area contributed by atoms with E-state index in [-0.39, 0.29) is 0 Å². The third-order valence-corrected chi connectivity index (χ3v) is 4.30. The molecule has 1 aliphatic rings. The van der Waals surface area contributed by atoms with Crippen molar-refractivity contribution in [2.75, 3.05) is 23.4 Å². The molecule has 23 heavy (non-hydrogen) atoms. The van der Waals surface area contributed by atoms with Crippen LogP contribution >= 0.6 is 15.9 Å². The first-order valence-electron chi connectivity index (χ1n) is 7.86. The number of rotatable bonds is 4. The van der Waals surface area contributed by atoms with Crippen LogP contribution in [0.5, 0.6) is 0 Å². The van der Waals surface area contributed by atoms with Gasteiger partial charge in [-0.3, -0.25) is 5.43 Å². The van der Waals surface area contributed by atoms with E-state index in [9.17, 15) is 0 Å². The van der Waals surface area contributed by atoms with Crippen LogP contribution in [-0.2, 0) is 0 Å². The Morgan fingerprint density at radius 1 is 1.13 bits per heavy atom. The van der Waals surface area contributed by atoms with Crippen molar-refractivity contribution in [2.24, 2.45) is 5.10 Å². The first-order valence-corrected chi connectivity index (χ1v) is 8.65. The number of aryl methyl sites for hydroxylation is 1. The molecule has 0 aliphatic carbocycles. The van der Waals surface area contributed by atoms with Crippen LogP contribution in [0.1, 0.15) is 30.7 Å². The van der Waals surface area contributed by atoms with E-state index < -0.39 is 0 Å². The normalized spacial score (nSPS) is 15.1. The molecule has 2 aromatic rings. The van der Waals surface area contributed by atoms with E-state index in [2.05, 4.69) is 41.3 Å². The van der Waals surface area contributed by atoms with Gasteiger partial charge in [0.05, 0.1) is 6.21 Å². The van der Waals surface area contributed by atoms with E-state index >= 15 is 0 Å². The van der Waals surface area contributed by atoms with E-state index in [4.69, 9.17) is 0 Å². The van der Waals surface area contributed by atoms with E-state index in [1.165, 1.54) is 19.3 Å². The Labute approximate surface area is 145 Å². The third kappa shape index (κ3) is 4.51. The van der Waals surface area contributed by atoms with Crippen LogP contribution in [0.3, 0.4) is 0 Å². The zero-order valence-electron chi connectivity index (χ0n) is 13.2. The molecule has 1 aliphatic heterocycles. The average Bonchev–Trinajstić information content (AvgIpc) is 2.57. The number of nitrogens with zero attached hydrogens (tertiary/aromatic N) is 4. The van der Waals surface area contributed by atoms with Gasteiger partial charge >= 0.3 is 0 Å². The second-order valence-electron chi connectivity index (χ2n) is 5.63. The molecule has 1 aromatic carbocycles. The zero-order valence-corrected chi connectivity index (χ0v) is 14.8. The Hall–Kier alpha value is -1.95. The summed E-state index contributed by atoms with van der Waals surface area (Å²) in [4.78, 5) is 11.3. The van der Waals surface area contributed by atoms with Gasteiger partial charge in [-0.05, 0) is 43.9 Å². The minimum absolute atomic E-state index is 0.728. The Bertz CT molecular complexity index is 678. The van der Waals surface area contributed by atoms with Gasteiger partial charge in [0.1, 0.15) is 11.6 Å². The highest BCUT2D eigenvalue weighted by Crippen LogP contribution is 2.20. The Morgan fingerprint density at radius 3 is 2.61 bits per heavy atom. The summed E-state index contributed by atoms with van der Waals surface area (Å²) in [5, 5.41) is 4.27. The molecule has 0 unspecified atom stereocenters. The summed E-state index contributed by atoms with van der Waals surface area (Å²) < 4.78 is 1.06. The van der Waals surface area contributed by atoms with Gasteiger partial charge in [0.15, 0.2) is 5.82 Å². The number of anilines is 2. The summed E-state index contributed by atoms with van der Waals surface area (Å²) in [6.07, 6.45) is 5.55. The molecule has 0 radical (unpaired) electrons. The van der Waals surface area contributed by atoms with Crippen molar-refractivity contribution in [3.63, 3.8) is 0 Å². The fraction of sp³-hybridized carbons (Fsp3) is 0.353. The SMILES string of the molecule is Cc1nc(NN=Cc2ccc(Br)cc2)cc(N2CCCCC2)n1. The standard InChI is InChI=1S/C17H20BrN5/c1-13-20-16(11-17(21-13)23-9-3-2-4-10-23)22-19-12-14-5-7-15(18)8-6-14/h5-8,11-12H,2-4,9-10H2,1H3,(H,20,21,22). The van der Waals surface area contributed by atoms with Crippen LogP contribution in [0.2, 0.25) is 0 Å². The van der Waals surface area contributed by atoms with Crippen LogP contribution in [-0.4, -0.2) is 29.3 Å². The number of hydrazone groups is 1. The smallest absolute Gasteiger partial charge is 0.152 e. The number of aromatic nitrogens is 2. The molecular weight excluding hydrogens is 354 g/mol. The molecule has 6 heteroatoms. The highest BCUT2D eigenvalue weighted by atomic mass is 79.9. The molecule has 0 spiro atoms. The van der Waals surface area contributed by atoms with Gasteiger partial charge in [0, 0.05) is 23.6 Å². The lowest BCUT2D eigenvalue weighted by Gasteiger charge is -2.27. The molecule has 120 valence electrons. The summed E-state index contributed by atoms with van der Waals surface area (Å²) in [5.41, 5.74) is 4.04. The lowest BCUT2D eigenvalue weighted by Crippen LogP contribution is -2.30. The maximum absolute atomic E-state index is 4.55. The second kappa shape index (κ2) is 7.55. The minimum Gasteiger partial charge on any atom is -0.356 e. The van der Waals surface area contributed by atoms with Crippen LogP contribution in [0.4, 0.5) is 11.6 Å². The first-order chi connectivity index (χ1) is 11.2. The first kappa shape index (κ1) is 15.9.